The van der Waals surface area contributed by atoms with E-state index in [2.05, 4.69) is 16.6 Å². The van der Waals surface area contributed by atoms with Crippen molar-refractivity contribution in [1.29, 1.82) is 0 Å². The van der Waals surface area contributed by atoms with Gasteiger partial charge in [-0.2, -0.15) is 0 Å². The number of thiophene rings is 1. The fourth-order valence-electron chi connectivity index (χ4n) is 2.05. The van der Waals surface area contributed by atoms with E-state index < -0.39 is 0 Å². The summed E-state index contributed by atoms with van der Waals surface area (Å²) in [6.07, 6.45) is 7.20. The van der Waals surface area contributed by atoms with E-state index in [0.717, 1.165) is 23.3 Å². The molecule has 0 radical (unpaired) electrons. The van der Waals surface area contributed by atoms with Crippen molar-refractivity contribution in [3.05, 3.63) is 21.9 Å². The normalized spacial score (nSPS) is 18.4. The summed E-state index contributed by atoms with van der Waals surface area (Å²) in [4.78, 5) is 24.2. The summed E-state index contributed by atoms with van der Waals surface area (Å²) in [5.74, 6) is 2.52. The quantitative estimate of drug-likeness (QED) is 0.633. The average Bonchev–Trinajstić information content (AvgIpc) is 2.79. The molecule has 1 unspecified atom stereocenters. The monoisotopic (exact) mass is 262 g/mol. The molecule has 0 spiro atoms. The van der Waals surface area contributed by atoms with Crippen molar-refractivity contribution in [2.45, 2.75) is 25.3 Å². The van der Waals surface area contributed by atoms with Crippen LogP contribution in [0, 0.1) is 12.3 Å². The maximum Gasteiger partial charge on any atom is 0.316 e. The van der Waals surface area contributed by atoms with Crippen LogP contribution in [-0.4, -0.2) is 18.4 Å². The molecule has 0 saturated heterocycles. The van der Waals surface area contributed by atoms with Crippen LogP contribution in [0.1, 0.15) is 40.5 Å². The first kappa shape index (κ1) is 12.7. The SMILES string of the molecule is C#CCNC(=O)NC1CCCC(=O)c2sccc21. The highest BCUT2D eigenvalue weighted by Gasteiger charge is 2.25. The summed E-state index contributed by atoms with van der Waals surface area (Å²) in [6.45, 7) is 0.202. The van der Waals surface area contributed by atoms with Gasteiger partial charge in [0.25, 0.3) is 0 Å². The number of nitrogens with one attached hydrogen (secondary N) is 2. The van der Waals surface area contributed by atoms with Gasteiger partial charge in [-0.25, -0.2) is 4.79 Å². The second kappa shape index (κ2) is 5.69. The number of hydrogen-bond acceptors (Lipinski definition) is 3. The van der Waals surface area contributed by atoms with E-state index in [1.807, 2.05) is 11.4 Å². The molecule has 18 heavy (non-hydrogen) atoms. The predicted octanol–water partition coefficient (Wildman–Crippen LogP) is 2.09. The molecule has 0 aromatic carbocycles. The summed E-state index contributed by atoms with van der Waals surface area (Å²) in [7, 11) is 0. The largest absolute Gasteiger partial charge is 0.331 e. The number of fused-ring (bicyclic) bond motifs is 1. The van der Waals surface area contributed by atoms with Crippen molar-refractivity contribution in [3.8, 4) is 12.3 Å². The first-order chi connectivity index (χ1) is 8.72. The highest BCUT2D eigenvalue weighted by atomic mass is 32.1. The first-order valence-electron chi connectivity index (χ1n) is 5.81. The zero-order valence-electron chi connectivity index (χ0n) is 9.86. The van der Waals surface area contributed by atoms with Crippen LogP contribution >= 0.6 is 11.3 Å². The van der Waals surface area contributed by atoms with Crippen LogP contribution in [0.4, 0.5) is 4.79 Å². The van der Waals surface area contributed by atoms with Crippen LogP contribution in [0.2, 0.25) is 0 Å². The van der Waals surface area contributed by atoms with Gasteiger partial charge in [0.05, 0.1) is 17.5 Å². The lowest BCUT2D eigenvalue weighted by atomic mass is 10.1. The number of carbonyl (C=O) groups excluding carboxylic acids is 2. The number of amides is 2. The summed E-state index contributed by atoms with van der Waals surface area (Å²) in [5, 5.41) is 7.32. The molecule has 94 valence electrons. The third kappa shape index (κ3) is 2.71. The molecule has 4 nitrogen and oxygen atoms in total. The summed E-state index contributed by atoms with van der Waals surface area (Å²) >= 11 is 1.44. The van der Waals surface area contributed by atoms with E-state index in [1.54, 1.807) is 0 Å². The molecule has 1 atom stereocenters. The topological polar surface area (TPSA) is 58.2 Å². The minimum atomic E-state index is -0.288. The Morgan fingerprint density at radius 2 is 2.44 bits per heavy atom. The Kier molecular flexibility index (Phi) is 4.00. The van der Waals surface area contributed by atoms with Crippen molar-refractivity contribution >= 4 is 23.2 Å². The van der Waals surface area contributed by atoms with Gasteiger partial charge in [-0.15, -0.1) is 17.8 Å². The number of rotatable bonds is 2. The van der Waals surface area contributed by atoms with Gasteiger partial charge in [0.15, 0.2) is 5.78 Å². The van der Waals surface area contributed by atoms with Crippen LogP contribution in [-0.2, 0) is 0 Å². The van der Waals surface area contributed by atoms with Crippen LogP contribution in [0.3, 0.4) is 0 Å². The summed E-state index contributed by atoms with van der Waals surface area (Å²) < 4.78 is 0. The highest BCUT2D eigenvalue weighted by molar-refractivity contribution is 7.12. The van der Waals surface area contributed by atoms with Crippen LogP contribution in [0.25, 0.3) is 0 Å². The lowest BCUT2D eigenvalue weighted by molar-refractivity contribution is 0.0986. The Hall–Kier alpha value is -1.80. The number of Topliss-reactive ketones (excluding diaryl/α,β-unsaturated/α-hetero) is 1. The fraction of sp³-hybridized carbons (Fsp3) is 0.385. The van der Waals surface area contributed by atoms with E-state index >= 15 is 0 Å². The van der Waals surface area contributed by atoms with E-state index in [1.165, 1.54) is 11.3 Å². The van der Waals surface area contributed by atoms with Gasteiger partial charge in [0.1, 0.15) is 0 Å². The molecule has 5 heteroatoms. The molecular formula is C13H14N2O2S. The van der Waals surface area contributed by atoms with Crippen molar-refractivity contribution in [3.63, 3.8) is 0 Å². The van der Waals surface area contributed by atoms with Gasteiger partial charge >= 0.3 is 6.03 Å². The Labute approximate surface area is 110 Å². The standard InChI is InChI=1S/C13H14N2O2S/c1-2-7-14-13(17)15-10-4-3-5-11(16)12-9(10)6-8-18-12/h1,6,8,10H,3-5,7H2,(H2,14,15,17). The van der Waals surface area contributed by atoms with Crippen molar-refractivity contribution in [1.82, 2.24) is 10.6 Å². The Morgan fingerprint density at radius 1 is 1.61 bits per heavy atom. The zero-order valence-corrected chi connectivity index (χ0v) is 10.7. The van der Waals surface area contributed by atoms with Crippen LogP contribution in [0.15, 0.2) is 11.4 Å². The molecule has 0 fully saturated rings. The molecule has 1 aliphatic carbocycles. The van der Waals surface area contributed by atoms with Gasteiger partial charge in [0.2, 0.25) is 0 Å². The molecule has 0 saturated carbocycles. The van der Waals surface area contributed by atoms with Gasteiger partial charge in [-0.1, -0.05) is 5.92 Å². The fourth-order valence-corrected chi connectivity index (χ4v) is 2.98. The molecular weight excluding hydrogens is 248 g/mol. The second-order valence-corrected chi connectivity index (χ2v) is 5.02. The van der Waals surface area contributed by atoms with E-state index in [0.29, 0.717) is 6.42 Å². The van der Waals surface area contributed by atoms with E-state index in [9.17, 15) is 9.59 Å². The zero-order chi connectivity index (χ0) is 13.0. The molecule has 1 aromatic heterocycles. The van der Waals surface area contributed by atoms with Gasteiger partial charge < -0.3 is 10.6 Å². The predicted molar refractivity (Wildman–Crippen MR) is 70.6 cm³/mol. The van der Waals surface area contributed by atoms with Crippen molar-refractivity contribution in [2.75, 3.05) is 6.54 Å². The number of urea groups is 1. The molecule has 1 aromatic rings. The Bertz CT molecular complexity index is 501. The van der Waals surface area contributed by atoms with Gasteiger partial charge in [0, 0.05) is 6.42 Å². The second-order valence-electron chi connectivity index (χ2n) is 4.10. The van der Waals surface area contributed by atoms with Gasteiger partial charge in [-0.05, 0) is 29.9 Å². The van der Waals surface area contributed by atoms with Crippen LogP contribution < -0.4 is 10.6 Å². The Morgan fingerprint density at radius 3 is 3.22 bits per heavy atom. The molecule has 2 amide bonds. The van der Waals surface area contributed by atoms with Crippen molar-refractivity contribution < 1.29 is 9.59 Å². The minimum absolute atomic E-state index is 0.101. The van der Waals surface area contributed by atoms with Gasteiger partial charge in [-0.3, -0.25) is 4.79 Å². The maximum atomic E-state index is 11.8. The molecule has 1 heterocycles. The number of carbonyl (C=O) groups is 2. The lowest BCUT2D eigenvalue weighted by Crippen LogP contribution is -2.38. The van der Waals surface area contributed by atoms with E-state index in [-0.39, 0.29) is 24.4 Å². The smallest absolute Gasteiger partial charge is 0.316 e. The third-order valence-electron chi connectivity index (χ3n) is 2.88. The molecule has 1 aliphatic rings. The third-order valence-corrected chi connectivity index (χ3v) is 3.85. The maximum absolute atomic E-state index is 11.8. The minimum Gasteiger partial charge on any atom is -0.331 e. The van der Waals surface area contributed by atoms with Crippen molar-refractivity contribution in [2.24, 2.45) is 0 Å². The first-order valence-corrected chi connectivity index (χ1v) is 6.68. The lowest BCUT2D eigenvalue weighted by Gasteiger charge is -2.16. The van der Waals surface area contributed by atoms with Crippen LogP contribution in [0.5, 0.6) is 0 Å². The average molecular weight is 262 g/mol. The van der Waals surface area contributed by atoms with E-state index in [4.69, 9.17) is 6.42 Å². The highest BCUT2D eigenvalue weighted by Crippen LogP contribution is 2.32. The molecule has 0 bridgehead atoms. The molecule has 2 N–H and O–H groups in total. The number of hydrogen-bond donors (Lipinski definition) is 2. The summed E-state index contributed by atoms with van der Waals surface area (Å²) in [5.41, 5.74) is 0.929. The summed E-state index contributed by atoms with van der Waals surface area (Å²) in [6, 6.07) is 1.52. The molecule has 2 rings (SSSR count). The number of terminal acetylenes is 1. The Balaban J connectivity index is 2.10. The molecule has 0 aliphatic heterocycles. The number of ketones is 1.